The van der Waals surface area contributed by atoms with Crippen LogP contribution in [0.4, 0.5) is 5.69 Å². The van der Waals surface area contributed by atoms with Gasteiger partial charge in [-0.2, -0.15) is 0 Å². The molecule has 70 valence electrons. The SMILES string of the molecule is Cc1ncc(C=CCCN)cc1N. The Hall–Kier alpha value is -1.35. The van der Waals surface area contributed by atoms with E-state index in [0.717, 1.165) is 23.4 Å². The topological polar surface area (TPSA) is 64.9 Å². The van der Waals surface area contributed by atoms with E-state index in [1.54, 1.807) is 6.20 Å². The molecule has 0 fully saturated rings. The summed E-state index contributed by atoms with van der Waals surface area (Å²) in [4.78, 5) is 4.15. The van der Waals surface area contributed by atoms with Crippen molar-refractivity contribution in [3.05, 3.63) is 29.6 Å². The predicted octanol–water partition coefficient (Wildman–Crippen LogP) is 1.33. The van der Waals surface area contributed by atoms with Gasteiger partial charge in [-0.05, 0) is 31.5 Å². The van der Waals surface area contributed by atoms with Gasteiger partial charge in [0.1, 0.15) is 0 Å². The van der Waals surface area contributed by atoms with E-state index in [9.17, 15) is 0 Å². The summed E-state index contributed by atoms with van der Waals surface area (Å²) in [7, 11) is 0. The van der Waals surface area contributed by atoms with Gasteiger partial charge < -0.3 is 11.5 Å². The zero-order valence-electron chi connectivity index (χ0n) is 7.83. The molecule has 0 aliphatic carbocycles. The van der Waals surface area contributed by atoms with Crippen molar-refractivity contribution >= 4 is 11.8 Å². The molecule has 0 unspecified atom stereocenters. The van der Waals surface area contributed by atoms with E-state index >= 15 is 0 Å². The van der Waals surface area contributed by atoms with Crippen molar-refractivity contribution in [2.24, 2.45) is 5.73 Å². The monoisotopic (exact) mass is 177 g/mol. The van der Waals surface area contributed by atoms with Gasteiger partial charge in [-0.25, -0.2) is 0 Å². The van der Waals surface area contributed by atoms with Crippen LogP contribution in [0.15, 0.2) is 18.3 Å². The summed E-state index contributed by atoms with van der Waals surface area (Å²) >= 11 is 0. The highest BCUT2D eigenvalue weighted by atomic mass is 14.7. The van der Waals surface area contributed by atoms with Crippen molar-refractivity contribution in [1.29, 1.82) is 0 Å². The number of nitrogens with two attached hydrogens (primary N) is 2. The first-order valence-corrected chi connectivity index (χ1v) is 4.33. The number of hydrogen-bond donors (Lipinski definition) is 2. The number of aryl methyl sites for hydroxylation is 1. The zero-order chi connectivity index (χ0) is 9.68. The summed E-state index contributed by atoms with van der Waals surface area (Å²) in [5.74, 6) is 0. The molecule has 1 aromatic rings. The molecule has 0 radical (unpaired) electrons. The van der Waals surface area contributed by atoms with Crippen LogP contribution in [0.5, 0.6) is 0 Å². The zero-order valence-corrected chi connectivity index (χ0v) is 7.83. The number of pyridine rings is 1. The van der Waals surface area contributed by atoms with Gasteiger partial charge in [-0.3, -0.25) is 4.98 Å². The Labute approximate surface area is 78.5 Å². The Morgan fingerprint density at radius 3 is 2.92 bits per heavy atom. The fraction of sp³-hybridized carbons (Fsp3) is 0.300. The van der Waals surface area contributed by atoms with Gasteiger partial charge in [0.05, 0.1) is 11.4 Å². The maximum absolute atomic E-state index is 5.70. The molecule has 1 heterocycles. The summed E-state index contributed by atoms with van der Waals surface area (Å²) in [6.45, 7) is 2.56. The van der Waals surface area contributed by atoms with Gasteiger partial charge in [0, 0.05) is 6.20 Å². The number of aromatic nitrogens is 1. The summed E-state index contributed by atoms with van der Waals surface area (Å²) in [5, 5.41) is 0. The van der Waals surface area contributed by atoms with Crippen molar-refractivity contribution in [3.63, 3.8) is 0 Å². The van der Waals surface area contributed by atoms with E-state index in [1.807, 2.05) is 25.1 Å². The molecule has 0 spiro atoms. The lowest BCUT2D eigenvalue weighted by Gasteiger charge is -1.99. The molecule has 0 aliphatic heterocycles. The van der Waals surface area contributed by atoms with Crippen LogP contribution in [0.1, 0.15) is 17.7 Å². The molecule has 0 amide bonds. The second-order valence-corrected chi connectivity index (χ2v) is 2.92. The smallest absolute Gasteiger partial charge is 0.0602 e. The summed E-state index contributed by atoms with van der Waals surface area (Å²) in [6, 6.07) is 1.91. The first-order chi connectivity index (χ1) is 6.24. The lowest BCUT2D eigenvalue weighted by atomic mass is 10.2. The molecule has 3 heteroatoms. The van der Waals surface area contributed by atoms with Crippen molar-refractivity contribution in [3.8, 4) is 0 Å². The van der Waals surface area contributed by atoms with E-state index in [0.29, 0.717) is 6.54 Å². The quantitative estimate of drug-likeness (QED) is 0.732. The third kappa shape index (κ3) is 2.87. The second kappa shape index (κ2) is 4.62. The van der Waals surface area contributed by atoms with Crippen molar-refractivity contribution in [2.75, 3.05) is 12.3 Å². The molecular weight excluding hydrogens is 162 g/mol. The molecule has 4 N–H and O–H groups in total. The highest BCUT2D eigenvalue weighted by Crippen LogP contribution is 2.10. The molecule has 0 aromatic carbocycles. The highest BCUT2D eigenvalue weighted by Gasteiger charge is 1.93. The van der Waals surface area contributed by atoms with E-state index in [2.05, 4.69) is 4.98 Å². The van der Waals surface area contributed by atoms with Crippen LogP contribution >= 0.6 is 0 Å². The van der Waals surface area contributed by atoms with Crippen LogP contribution in [0.2, 0.25) is 0 Å². The van der Waals surface area contributed by atoms with Crippen molar-refractivity contribution in [2.45, 2.75) is 13.3 Å². The lowest BCUT2D eigenvalue weighted by Crippen LogP contribution is -1.95. The Balaban J connectivity index is 2.73. The van der Waals surface area contributed by atoms with Crippen LogP contribution < -0.4 is 11.5 Å². The Kier molecular flexibility index (Phi) is 3.46. The minimum Gasteiger partial charge on any atom is -0.397 e. The minimum atomic E-state index is 0.672. The van der Waals surface area contributed by atoms with Gasteiger partial charge in [-0.15, -0.1) is 0 Å². The van der Waals surface area contributed by atoms with Gasteiger partial charge in [-0.1, -0.05) is 12.2 Å². The summed E-state index contributed by atoms with van der Waals surface area (Å²) < 4.78 is 0. The van der Waals surface area contributed by atoms with Gasteiger partial charge >= 0.3 is 0 Å². The summed E-state index contributed by atoms with van der Waals surface area (Å²) in [6.07, 6.45) is 6.69. The maximum Gasteiger partial charge on any atom is 0.0602 e. The molecule has 0 saturated carbocycles. The minimum absolute atomic E-state index is 0.672. The molecule has 1 rings (SSSR count). The van der Waals surface area contributed by atoms with Gasteiger partial charge in [0.2, 0.25) is 0 Å². The fourth-order valence-electron chi connectivity index (χ4n) is 0.974. The van der Waals surface area contributed by atoms with Crippen LogP contribution in [-0.2, 0) is 0 Å². The fourth-order valence-corrected chi connectivity index (χ4v) is 0.974. The van der Waals surface area contributed by atoms with Crippen molar-refractivity contribution < 1.29 is 0 Å². The molecule has 13 heavy (non-hydrogen) atoms. The van der Waals surface area contributed by atoms with E-state index in [1.165, 1.54) is 0 Å². The standard InChI is InChI=1S/C10H15N3/c1-8-10(12)6-9(7-13-8)4-2-3-5-11/h2,4,6-7H,3,5,11-12H2,1H3. The largest absolute Gasteiger partial charge is 0.397 e. The second-order valence-electron chi connectivity index (χ2n) is 2.92. The van der Waals surface area contributed by atoms with Gasteiger partial charge in [0.25, 0.3) is 0 Å². The molecular formula is C10H15N3. The number of nitrogen functional groups attached to an aromatic ring is 1. The average molecular weight is 177 g/mol. The Morgan fingerprint density at radius 2 is 2.31 bits per heavy atom. The Bertz CT molecular complexity index is 305. The van der Waals surface area contributed by atoms with E-state index < -0.39 is 0 Å². The van der Waals surface area contributed by atoms with E-state index in [-0.39, 0.29) is 0 Å². The first-order valence-electron chi connectivity index (χ1n) is 4.33. The lowest BCUT2D eigenvalue weighted by molar-refractivity contribution is 1.01. The predicted molar refractivity (Wildman–Crippen MR) is 56.1 cm³/mol. The molecule has 0 aliphatic rings. The van der Waals surface area contributed by atoms with Gasteiger partial charge in [0.15, 0.2) is 0 Å². The van der Waals surface area contributed by atoms with Crippen molar-refractivity contribution in [1.82, 2.24) is 4.98 Å². The maximum atomic E-state index is 5.70. The average Bonchev–Trinajstić information content (AvgIpc) is 2.12. The van der Waals surface area contributed by atoms with Crippen LogP contribution in [0, 0.1) is 6.92 Å². The molecule has 0 saturated heterocycles. The first kappa shape index (κ1) is 9.74. The Morgan fingerprint density at radius 1 is 1.54 bits per heavy atom. The highest BCUT2D eigenvalue weighted by molar-refractivity contribution is 5.55. The van der Waals surface area contributed by atoms with Crippen LogP contribution in [0.3, 0.4) is 0 Å². The number of rotatable bonds is 3. The summed E-state index contributed by atoms with van der Waals surface area (Å²) in [5.41, 5.74) is 13.7. The molecule has 0 atom stereocenters. The molecule has 1 aromatic heterocycles. The number of hydrogen-bond acceptors (Lipinski definition) is 3. The molecule has 0 bridgehead atoms. The number of nitrogens with zero attached hydrogens (tertiary/aromatic N) is 1. The van der Waals surface area contributed by atoms with E-state index in [4.69, 9.17) is 11.5 Å². The third-order valence-electron chi connectivity index (χ3n) is 1.79. The normalized spacial score (nSPS) is 10.9. The number of anilines is 1. The van der Waals surface area contributed by atoms with Crippen LogP contribution in [0.25, 0.3) is 6.08 Å². The van der Waals surface area contributed by atoms with Crippen LogP contribution in [-0.4, -0.2) is 11.5 Å². The third-order valence-corrected chi connectivity index (χ3v) is 1.79. The molecule has 3 nitrogen and oxygen atoms in total.